The van der Waals surface area contributed by atoms with E-state index in [1.807, 2.05) is 78.0 Å². The summed E-state index contributed by atoms with van der Waals surface area (Å²) >= 11 is 1.48. The van der Waals surface area contributed by atoms with Crippen LogP contribution in [0.3, 0.4) is 0 Å². The van der Waals surface area contributed by atoms with Crippen molar-refractivity contribution in [3.8, 4) is 5.75 Å². The van der Waals surface area contributed by atoms with E-state index in [0.29, 0.717) is 18.6 Å². The number of hydrogen-bond acceptors (Lipinski definition) is 8. The second-order valence-corrected chi connectivity index (χ2v) is 13.8. The summed E-state index contributed by atoms with van der Waals surface area (Å²) in [6.07, 6.45) is 4.52. The van der Waals surface area contributed by atoms with Crippen LogP contribution >= 0.6 is 11.8 Å². The molecule has 1 aromatic rings. The van der Waals surface area contributed by atoms with Gasteiger partial charge in [0.2, 0.25) is 0 Å². The molecule has 2 heterocycles. The Balaban J connectivity index is 2.06. The number of cyclic esters (lactones) is 2. The van der Waals surface area contributed by atoms with E-state index in [2.05, 4.69) is 6.92 Å². The number of carbonyl (C=O) groups is 3. The van der Waals surface area contributed by atoms with Gasteiger partial charge in [0.25, 0.3) is 0 Å². The lowest BCUT2D eigenvalue weighted by Gasteiger charge is -2.46. The third kappa shape index (κ3) is 8.19. The molecule has 0 aromatic heterocycles. The van der Waals surface area contributed by atoms with Crippen molar-refractivity contribution in [2.24, 2.45) is 35.5 Å². The first-order chi connectivity index (χ1) is 19.8. The minimum Gasteiger partial charge on any atom is -0.497 e. The normalized spacial score (nSPS) is 37.0. The van der Waals surface area contributed by atoms with Crippen LogP contribution in [0, 0.1) is 35.5 Å². The maximum atomic E-state index is 14.2. The van der Waals surface area contributed by atoms with Crippen molar-refractivity contribution < 1.29 is 33.3 Å². The predicted octanol–water partition coefficient (Wildman–Crippen LogP) is 6.67. The van der Waals surface area contributed by atoms with Crippen molar-refractivity contribution in [3.63, 3.8) is 0 Å². The van der Waals surface area contributed by atoms with Gasteiger partial charge < -0.3 is 18.9 Å². The third-order valence-corrected chi connectivity index (χ3v) is 10.5. The zero-order valence-electron chi connectivity index (χ0n) is 26.8. The van der Waals surface area contributed by atoms with E-state index in [1.54, 1.807) is 14.2 Å². The van der Waals surface area contributed by atoms with Crippen LogP contribution in [0.1, 0.15) is 73.3 Å². The molecule has 2 fully saturated rings. The maximum absolute atomic E-state index is 14.2. The molecular formula is C34H50O7S. The van der Waals surface area contributed by atoms with Crippen molar-refractivity contribution in [1.82, 2.24) is 0 Å². The number of esters is 2. The number of rotatable bonds is 6. The van der Waals surface area contributed by atoms with Crippen LogP contribution in [0.4, 0.5) is 0 Å². The summed E-state index contributed by atoms with van der Waals surface area (Å²) in [4.78, 5) is 41.2. The molecule has 0 spiro atoms. The Kier molecular flexibility index (Phi) is 12.1. The van der Waals surface area contributed by atoms with Gasteiger partial charge in [-0.2, -0.15) is 0 Å². The van der Waals surface area contributed by atoms with Crippen LogP contribution in [0.25, 0.3) is 0 Å². The highest BCUT2D eigenvalue weighted by atomic mass is 32.2. The number of ketones is 1. The molecule has 1 aromatic carbocycles. The molecule has 7 nitrogen and oxygen atoms in total. The summed E-state index contributed by atoms with van der Waals surface area (Å²) in [7, 11) is 3.32. The minimum absolute atomic E-state index is 0.0915. The highest BCUT2D eigenvalue weighted by Gasteiger charge is 2.52. The number of benzene rings is 1. The largest absolute Gasteiger partial charge is 0.497 e. The van der Waals surface area contributed by atoms with E-state index in [-0.39, 0.29) is 41.4 Å². The number of allylic oxidation sites excluding steroid dienone is 1. The molecule has 0 saturated carbocycles. The Bertz CT molecular complexity index is 1100. The Morgan fingerprint density at radius 1 is 0.929 bits per heavy atom. The lowest BCUT2D eigenvalue weighted by atomic mass is 9.69. The van der Waals surface area contributed by atoms with E-state index in [0.717, 1.165) is 17.7 Å². The summed E-state index contributed by atoms with van der Waals surface area (Å²) in [5, 5.41) is -0.606. The standard InChI is InChI=1S/C34H50O7S/c1-10-11-27-29-24(6)40-33(37)31(42-19-25-12-14-26(38-8)15-13-25)28(29)23(5)30(35)22(4)18-34(7,39-9)17-20(2)16-21(3)32(36)41-27/h10-15,20-24,27-29,31H,16-19H2,1-9H3/b11-10-/t20-,21+,22+,23+,24?,27?,28+,29?,31?,34?/m0/s1. The van der Waals surface area contributed by atoms with Crippen LogP contribution in [-0.4, -0.2) is 55.0 Å². The smallest absolute Gasteiger partial charge is 0.319 e. The molecule has 5 unspecified atom stereocenters. The monoisotopic (exact) mass is 602 g/mol. The SMILES string of the molecule is C/C=C\C1OC(=O)[C@H](C)C[C@H](C)CC(C)(OC)C[C@@H](C)C(=O)[C@H](C)[C@H]2C(SCc3ccc(OC)cc3)C(=O)OC(C)C12. The number of Topliss-reactive ketones (excluding diaryl/α,β-unsaturated/α-hetero) is 1. The Morgan fingerprint density at radius 3 is 2.19 bits per heavy atom. The van der Waals surface area contributed by atoms with Crippen LogP contribution in [0.5, 0.6) is 5.75 Å². The highest BCUT2D eigenvalue weighted by molar-refractivity contribution is 7.99. The van der Waals surface area contributed by atoms with E-state index >= 15 is 0 Å². The van der Waals surface area contributed by atoms with Crippen molar-refractivity contribution in [2.75, 3.05) is 14.2 Å². The number of ether oxygens (including phenoxy) is 4. The van der Waals surface area contributed by atoms with Gasteiger partial charge in [0.05, 0.1) is 18.6 Å². The average molecular weight is 603 g/mol. The van der Waals surface area contributed by atoms with Gasteiger partial charge in [-0.3, -0.25) is 14.4 Å². The minimum atomic E-state index is -0.629. The second-order valence-electron chi connectivity index (χ2n) is 12.7. The van der Waals surface area contributed by atoms with Crippen LogP contribution in [0.15, 0.2) is 36.4 Å². The zero-order chi connectivity index (χ0) is 31.2. The van der Waals surface area contributed by atoms with Crippen LogP contribution in [-0.2, 0) is 34.3 Å². The number of hydrogen-bond donors (Lipinski definition) is 0. The van der Waals surface area contributed by atoms with Crippen molar-refractivity contribution in [3.05, 3.63) is 42.0 Å². The third-order valence-electron chi connectivity index (χ3n) is 9.15. The average Bonchev–Trinajstić information content (AvgIpc) is 2.94. The summed E-state index contributed by atoms with van der Waals surface area (Å²) in [6, 6.07) is 7.74. The number of methoxy groups -OCH3 is 2. The fraction of sp³-hybridized carbons (Fsp3) is 0.676. The molecule has 0 aliphatic carbocycles. The summed E-state index contributed by atoms with van der Waals surface area (Å²) in [6.45, 7) is 13.7. The molecule has 8 heteroatoms. The Hall–Kier alpha value is -2.32. The fourth-order valence-corrected chi connectivity index (χ4v) is 8.41. The first-order valence-corrected chi connectivity index (χ1v) is 16.3. The van der Waals surface area contributed by atoms with Gasteiger partial charge in [0.15, 0.2) is 0 Å². The van der Waals surface area contributed by atoms with E-state index in [9.17, 15) is 14.4 Å². The molecule has 0 N–H and O–H groups in total. The summed E-state index contributed by atoms with van der Waals surface area (Å²) in [5.74, 6) is -0.851. The topological polar surface area (TPSA) is 88.1 Å². The van der Waals surface area contributed by atoms with Crippen LogP contribution in [0.2, 0.25) is 0 Å². The lowest BCUT2D eigenvalue weighted by molar-refractivity contribution is -0.175. The first-order valence-electron chi connectivity index (χ1n) is 15.2. The first kappa shape index (κ1) is 34.2. The quantitative estimate of drug-likeness (QED) is 0.264. The molecule has 0 radical (unpaired) electrons. The zero-order valence-corrected chi connectivity index (χ0v) is 27.6. The van der Waals surface area contributed by atoms with Gasteiger partial charge in [-0.15, -0.1) is 11.8 Å². The maximum Gasteiger partial charge on any atom is 0.319 e. The van der Waals surface area contributed by atoms with Gasteiger partial charge in [-0.25, -0.2) is 0 Å². The van der Waals surface area contributed by atoms with E-state index in [4.69, 9.17) is 18.9 Å². The predicted molar refractivity (Wildman–Crippen MR) is 166 cm³/mol. The van der Waals surface area contributed by atoms with Crippen molar-refractivity contribution in [1.29, 1.82) is 0 Å². The molecule has 234 valence electrons. The summed E-state index contributed by atoms with van der Waals surface area (Å²) in [5.41, 5.74) is 0.517. The van der Waals surface area contributed by atoms with Crippen LogP contribution < -0.4 is 4.74 Å². The molecule has 0 amide bonds. The van der Waals surface area contributed by atoms with Gasteiger partial charge in [0, 0.05) is 36.5 Å². The van der Waals surface area contributed by atoms with Gasteiger partial charge in [-0.05, 0) is 69.7 Å². The summed E-state index contributed by atoms with van der Waals surface area (Å²) < 4.78 is 23.4. The molecule has 2 saturated heterocycles. The number of thioether (sulfide) groups is 1. The molecule has 42 heavy (non-hydrogen) atoms. The van der Waals surface area contributed by atoms with Gasteiger partial charge in [-0.1, -0.05) is 45.9 Å². The molecule has 3 rings (SSSR count). The molecular weight excluding hydrogens is 552 g/mol. The second kappa shape index (κ2) is 14.9. The lowest BCUT2D eigenvalue weighted by Crippen LogP contribution is -2.55. The number of fused-ring (bicyclic) bond motifs is 1. The van der Waals surface area contributed by atoms with E-state index in [1.165, 1.54) is 11.8 Å². The molecule has 2 aliphatic heterocycles. The Morgan fingerprint density at radius 2 is 1.60 bits per heavy atom. The fourth-order valence-electron chi connectivity index (χ4n) is 7.01. The number of carbonyl (C=O) groups excluding carboxylic acids is 3. The Labute approximate surface area is 256 Å². The molecule has 10 atom stereocenters. The molecule has 0 bridgehead atoms. The van der Waals surface area contributed by atoms with Crippen molar-refractivity contribution >= 4 is 29.5 Å². The van der Waals surface area contributed by atoms with Crippen molar-refractivity contribution in [2.45, 2.75) is 96.5 Å². The molecule has 2 aliphatic rings. The van der Waals surface area contributed by atoms with Gasteiger partial charge >= 0.3 is 11.9 Å². The van der Waals surface area contributed by atoms with Gasteiger partial charge in [0.1, 0.15) is 29.0 Å². The highest BCUT2D eigenvalue weighted by Crippen LogP contribution is 2.45. The van der Waals surface area contributed by atoms with E-state index < -0.39 is 34.9 Å².